The van der Waals surface area contributed by atoms with Crippen LogP contribution < -0.4 is 0 Å². The molecule has 0 N–H and O–H groups in total. The highest BCUT2D eigenvalue weighted by Crippen LogP contribution is 2.41. The molecule has 0 rings (SSSR count). The Morgan fingerprint density at radius 1 is 1.12 bits per heavy atom. The van der Waals surface area contributed by atoms with Gasteiger partial charge in [0, 0.05) is 13.0 Å². The van der Waals surface area contributed by atoms with Crippen LogP contribution in [0.2, 0.25) is 0 Å². The van der Waals surface area contributed by atoms with Gasteiger partial charge in [-0.25, -0.2) is 0 Å². The van der Waals surface area contributed by atoms with E-state index in [2.05, 4.69) is 0 Å². The zero-order chi connectivity index (χ0) is 13.5. The van der Waals surface area contributed by atoms with Crippen LogP contribution in [0.3, 0.4) is 0 Å². The zero-order valence-electron chi connectivity index (χ0n) is 9.82. The highest BCUT2D eigenvalue weighted by atomic mass is 79.9. The summed E-state index contributed by atoms with van der Waals surface area (Å²) in [6.45, 7) is 3.50. The van der Waals surface area contributed by atoms with Gasteiger partial charge in [0.2, 0.25) is 0 Å². The van der Waals surface area contributed by atoms with Crippen molar-refractivity contribution in [3.05, 3.63) is 0 Å². The van der Waals surface area contributed by atoms with Crippen LogP contribution in [0.4, 0.5) is 17.6 Å². The van der Waals surface area contributed by atoms with Crippen molar-refractivity contribution in [2.75, 3.05) is 13.2 Å². The van der Waals surface area contributed by atoms with Crippen molar-refractivity contribution in [2.45, 2.75) is 50.2 Å². The molecule has 0 saturated heterocycles. The number of hydrogen-bond donors (Lipinski definition) is 0. The van der Waals surface area contributed by atoms with Gasteiger partial charge in [0.25, 0.3) is 0 Å². The first-order chi connectivity index (χ1) is 7.70. The van der Waals surface area contributed by atoms with Crippen molar-refractivity contribution >= 4 is 15.9 Å². The standard InChI is InChI=1S/C10H17BrF4O2/c1-3-4-6-16-8(2)17-7-5-9(12,13)10(11,14)15/h8H,3-7H2,1-2H3. The van der Waals surface area contributed by atoms with Gasteiger partial charge in [0.1, 0.15) is 0 Å². The summed E-state index contributed by atoms with van der Waals surface area (Å²) < 4.78 is 60.2. The number of alkyl halides is 5. The van der Waals surface area contributed by atoms with Crippen molar-refractivity contribution in [2.24, 2.45) is 0 Å². The molecule has 0 aliphatic rings. The van der Waals surface area contributed by atoms with Crippen LogP contribution in [0.1, 0.15) is 33.1 Å². The van der Waals surface area contributed by atoms with Crippen LogP contribution in [0.25, 0.3) is 0 Å². The van der Waals surface area contributed by atoms with Gasteiger partial charge in [-0.1, -0.05) is 13.3 Å². The number of rotatable bonds is 9. The first-order valence-electron chi connectivity index (χ1n) is 5.38. The van der Waals surface area contributed by atoms with Gasteiger partial charge in [0.05, 0.1) is 6.61 Å². The van der Waals surface area contributed by atoms with E-state index in [1.54, 1.807) is 22.9 Å². The first kappa shape index (κ1) is 17.1. The summed E-state index contributed by atoms with van der Waals surface area (Å²) in [6, 6.07) is 0. The number of hydrogen-bond acceptors (Lipinski definition) is 2. The smallest absolute Gasteiger partial charge is 0.353 e. The lowest BCUT2D eigenvalue weighted by Gasteiger charge is -2.22. The minimum absolute atomic E-state index is 0.461. The Morgan fingerprint density at radius 2 is 1.65 bits per heavy atom. The Labute approximate surface area is 107 Å². The topological polar surface area (TPSA) is 18.5 Å². The third-order valence-corrected chi connectivity index (χ3v) is 2.61. The minimum Gasteiger partial charge on any atom is -0.353 e. The molecule has 17 heavy (non-hydrogen) atoms. The molecule has 0 bridgehead atoms. The van der Waals surface area contributed by atoms with E-state index in [9.17, 15) is 17.6 Å². The second-order valence-electron chi connectivity index (χ2n) is 3.61. The summed E-state index contributed by atoms with van der Waals surface area (Å²) in [5.41, 5.74) is 0. The molecule has 0 aromatic heterocycles. The Morgan fingerprint density at radius 3 is 2.12 bits per heavy atom. The van der Waals surface area contributed by atoms with E-state index in [-0.39, 0.29) is 0 Å². The van der Waals surface area contributed by atoms with Crippen LogP contribution in [0, 0.1) is 0 Å². The molecule has 0 aliphatic heterocycles. The number of unbranched alkanes of at least 4 members (excludes halogenated alkanes) is 1. The van der Waals surface area contributed by atoms with Crippen LogP contribution in [-0.2, 0) is 9.47 Å². The van der Waals surface area contributed by atoms with Crippen LogP contribution >= 0.6 is 15.9 Å². The van der Waals surface area contributed by atoms with Crippen molar-refractivity contribution in [3.63, 3.8) is 0 Å². The first-order valence-corrected chi connectivity index (χ1v) is 6.17. The predicted molar refractivity (Wildman–Crippen MR) is 59.7 cm³/mol. The van der Waals surface area contributed by atoms with Gasteiger partial charge < -0.3 is 9.47 Å². The van der Waals surface area contributed by atoms with Crippen molar-refractivity contribution in [1.82, 2.24) is 0 Å². The Bertz CT molecular complexity index is 209. The largest absolute Gasteiger partial charge is 0.363 e. The molecule has 0 fully saturated rings. The lowest BCUT2D eigenvalue weighted by Crippen LogP contribution is -2.36. The van der Waals surface area contributed by atoms with Crippen molar-refractivity contribution in [1.29, 1.82) is 0 Å². The molecule has 1 atom stereocenters. The molecule has 0 heterocycles. The average Bonchev–Trinajstić information content (AvgIpc) is 2.16. The average molecular weight is 325 g/mol. The zero-order valence-corrected chi connectivity index (χ0v) is 11.4. The molecular formula is C10H17BrF4O2. The Hall–Kier alpha value is 0.120. The van der Waals surface area contributed by atoms with Crippen molar-refractivity contribution < 1.29 is 27.0 Å². The molecule has 0 aromatic rings. The maximum Gasteiger partial charge on any atom is 0.363 e. The second-order valence-corrected chi connectivity index (χ2v) is 4.61. The third kappa shape index (κ3) is 7.21. The van der Waals surface area contributed by atoms with E-state index in [1.165, 1.54) is 0 Å². The molecule has 0 spiro atoms. The fourth-order valence-electron chi connectivity index (χ4n) is 0.937. The van der Waals surface area contributed by atoms with Gasteiger partial charge in [-0.15, -0.1) is 0 Å². The normalized spacial score (nSPS) is 15.0. The summed E-state index contributed by atoms with van der Waals surface area (Å²) in [5.74, 6) is -4.13. The predicted octanol–water partition coefficient (Wildman–Crippen LogP) is 4.18. The fourth-order valence-corrected chi connectivity index (χ4v) is 1.13. The summed E-state index contributed by atoms with van der Waals surface area (Å²) in [5, 5.41) is 0. The molecule has 1 unspecified atom stereocenters. The third-order valence-electron chi connectivity index (χ3n) is 2.03. The van der Waals surface area contributed by atoms with Gasteiger partial charge >= 0.3 is 10.8 Å². The van der Waals surface area contributed by atoms with E-state index in [0.717, 1.165) is 12.8 Å². The second kappa shape index (κ2) is 7.53. The molecule has 104 valence electrons. The van der Waals surface area contributed by atoms with Gasteiger partial charge in [-0.05, 0) is 29.3 Å². The van der Waals surface area contributed by atoms with Gasteiger partial charge in [-0.3, -0.25) is 0 Å². The fraction of sp³-hybridized carbons (Fsp3) is 1.00. The lowest BCUT2D eigenvalue weighted by atomic mass is 10.2. The van der Waals surface area contributed by atoms with E-state index in [0.29, 0.717) is 6.61 Å². The van der Waals surface area contributed by atoms with Gasteiger partial charge in [-0.2, -0.15) is 17.6 Å². The maximum atomic E-state index is 12.8. The van der Waals surface area contributed by atoms with Crippen molar-refractivity contribution in [3.8, 4) is 0 Å². The Kier molecular flexibility index (Phi) is 7.58. The quantitative estimate of drug-likeness (QED) is 0.274. The van der Waals surface area contributed by atoms with E-state index in [1.807, 2.05) is 6.92 Å². The SMILES string of the molecule is CCCCOC(C)OCCC(F)(F)C(F)(F)Br. The minimum atomic E-state index is -4.21. The van der Waals surface area contributed by atoms with E-state index in [4.69, 9.17) is 9.47 Å². The Balaban J connectivity index is 3.76. The van der Waals surface area contributed by atoms with E-state index >= 15 is 0 Å². The summed E-state index contributed by atoms with van der Waals surface area (Å²) in [7, 11) is 0. The highest BCUT2D eigenvalue weighted by Gasteiger charge is 2.53. The number of halogens is 5. The maximum absolute atomic E-state index is 12.8. The molecule has 0 amide bonds. The molecule has 0 radical (unpaired) electrons. The van der Waals surface area contributed by atoms with E-state index < -0.39 is 30.1 Å². The molecule has 2 nitrogen and oxygen atoms in total. The van der Waals surface area contributed by atoms with Crippen LogP contribution in [0.5, 0.6) is 0 Å². The van der Waals surface area contributed by atoms with Crippen LogP contribution in [-0.4, -0.2) is 30.3 Å². The van der Waals surface area contributed by atoms with Crippen LogP contribution in [0.15, 0.2) is 0 Å². The van der Waals surface area contributed by atoms with Gasteiger partial charge in [0.15, 0.2) is 6.29 Å². The molecule has 0 aromatic carbocycles. The summed E-state index contributed by atoms with van der Waals surface area (Å²) in [4.78, 5) is -4.21. The monoisotopic (exact) mass is 324 g/mol. The highest BCUT2D eigenvalue weighted by molar-refractivity contribution is 9.10. The summed E-state index contributed by atoms with van der Waals surface area (Å²) >= 11 is 1.65. The molecule has 0 aliphatic carbocycles. The molecule has 7 heteroatoms. The summed E-state index contributed by atoms with van der Waals surface area (Å²) in [6.07, 6.45) is 0.0534. The molecule has 0 saturated carbocycles. The number of ether oxygens (including phenoxy) is 2. The molecular weight excluding hydrogens is 308 g/mol. The lowest BCUT2D eigenvalue weighted by molar-refractivity contribution is -0.181.